The molecule has 0 saturated heterocycles. The van der Waals surface area contributed by atoms with Gasteiger partial charge in [0, 0.05) is 6.04 Å². The van der Waals surface area contributed by atoms with Crippen molar-refractivity contribution in [2.75, 3.05) is 6.54 Å². The van der Waals surface area contributed by atoms with Crippen molar-refractivity contribution in [1.82, 2.24) is 5.32 Å². The van der Waals surface area contributed by atoms with E-state index in [1.807, 2.05) is 12.1 Å². The van der Waals surface area contributed by atoms with Crippen molar-refractivity contribution in [3.8, 4) is 5.75 Å². The number of phenolic OH excluding ortho intramolecular Hbond substituents is 1. The lowest BCUT2D eigenvalue weighted by Gasteiger charge is -2.25. The van der Waals surface area contributed by atoms with Crippen LogP contribution in [0.1, 0.15) is 24.5 Å². The smallest absolute Gasteiger partial charge is 0.115 e. The lowest BCUT2D eigenvalue weighted by Crippen LogP contribution is -2.34. The third-order valence-corrected chi connectivity index (χ3v) is 2.91. The van der Waals surface area contributed by atoms with Gasteiger partial charge in [0.1, 0.15) is 5.75 Å². The summed E-state index contributed by atoms with van der Waals surface area (Å²) in [5.74, 6) is 0.394. The van der Waals surface area contributed by atoms with E-state index in [4.69, 9.17) is 0 Å². The Balaban J connectivity index is 2.15. The molecule has 0 aromatic heterocycles. The SMILES string of the molecule is CCNC1CCc2cc(O)ccc2C1. The zero-order chi connectivity index (χ0) is 9.97. The van der Waals surface area contributed by atoms with Gasteiger partial charge in [0.2, 0.25) is 0 Å². The van der Waals surface area contributed by atoms with Crippen LogP contribution in [0.3, 0.4) is 0 Å². The summed E-state index contributed by atoms with van der Waals surface area (Å²) < 4.78 is 0. The summed E-state index contributed by atoms with van der Waals surface area (Å²) in [5.41, 5.74) is 2.71. The fourth-order valence-corrected chi connectivity index (χ4v) is 2.20. The fraction of sp³-hybridized carbons (Fsp3) is 0.500. The lowest BCUT2D eigenvalue weighted by atomic mass is 9.88. The molecule has 14 heavy (non-hydrogen) atoms. The molecule has 1 aromatic carbocycles. The van der Waals surface area contributed by atoms with Gasteiger partial charge in [-0.3, -0.25) is 0 Å². The van der Waals surface area contributed by atoms with Crippen molar-refractivity contribution < 1.29 is 5.11 Å². The Morgan fingerprint density at radius 3 is 3.07 bits per heavy atom. The molecule has 2 nitrogen and oxygen atoms in total. The molecule has 1 aliphatic carbocycles. The molecule has 0 radical (unpaired) electrons. The molecule has 2 heteroatoms. The third-order valence-electron chi connectivity index (χ3n) is 2.91. The van der Waals surface area contributed by atoms with Gasteiger partial charge < -0.3 is 10.4 Å². The van der Waals surface area contributed by atoms with E-state index >= 15 is 0 Å². The highest BCUT2D eigenvalue weighted by Crippen LogP contribution is 2.24. The van der Waals surface area contributed by atoms with Gasteiger partial charge in [0.05, 0.1) is 0 Å². The Morgan fingerprint density at radius 1 is 1.43 bits per heavy atom. The van der Waals surface area contributed by atoms with Crippen molar-refractivity contribution >= 4 is 0 Å². The largest absolute Gasteiger partial charge is 0.508 e. The second-order valence-electron chi connectivity index (χ2n) is 3.95. The fourth-order valence-electron chi connectivity index (χ4n) is 2.20. The van der Waals surface area contributed by atoms with Crippen LogP contribution in [0.15, 0.2) is 18.2 Å². The first-order valence-electron chi connectivity index (χ1n) is 5.33. The van der Waals surface area contributed by atoms with Gasteiger partial charge in [0.25, 0.3) is 0 Å². The van der Waals surface area contributed by atoms with Crippen LogP contribution in [0, 0.1) is 0 Å². The summed E-state index contributed by atoms with van der Waals surface area (Å²) in [4.78, 5) is 0. The van der Waals surface area contributed by atoms with E-state index in [-0.39, 0.29) is 0 Å². The summed E-state index contributed by atoms with van der Waals surface area (Å²) in [6.07, 6.45) is 3.37. The molecule has 0 spiro atoms. The number of fused-ring (bicyclic) bond motifs is 1. The predicted molar refractivity (Wildman–Crippen MR) is 57.6 cm³/mol. The van der Waals surface area contributed by atoms with Crippen molar-refractivity contribution in [2.45, 2.75) is 32.2 Å². The zero-order valence-electron chi connectivity index (χ0n) is 8.59. The van der Waals surface area contributed by atoms with Gasteiger partial charge in [-0.2, -0.15) is 0 Å². The highest BCUT2D eigenvalue weighted by molar-refractivity contribution is 5.37. The standard InChI is InChI=1S/C12H17NO/c1-2-13-11-5-3-10-8-12(14)6-4-9(10)7-11/h4,6,8,11,13-14H,2-3,5,7H2,1H3. The normalized spacial score (nSPS) is 20.5. The maximum absolute atomic E-state index is 9.34. The van der Waals surface area contributed by atoms with Crippen molar-refractivity contribution in [3.05, 3.63) is 29.3 Å². The lowest BCUT2D eigenvalue weighted by molar-refractivity contribution is 0.458. The Labute approximate surface area is 85.0 Å². The number of nitrogens with one attached hydrogen (secondary N) is 1. The Hall–Kier alpha value is -1.02. The maximum Gasteiger partial charge on any atom is 0.115 e. The minimum absolute atomic E-state index is 0.394. The zero-order valence-corrected chi connectivity index (χ0v) is 8.59. The van der Waals surface area contributed by atoms with Gasteiger partial charge in [-0.05, 0) is 49.1 Å². The summed E-state index contributed by atoms with van der Waals surface area (Å²) in [5, 5.41) is 12.8. The van der Waals surface area contributed by atoms with Gasteiger partial charge in [-0.25, -0.2) is 0 Å². The van der Waals surface area contributed by atoms with Crippen LogP contribution in [0.2, 0.25) is 0 Å². The van der Waals surface area contributed by atoms with E-state index in [1.165, 1.54) is 17.5 Å². The summed E-state index contributed by atoms with van der Waals surface area (Å²) in [7, 11) is 0. The Kier molecular flexibility index (Phi) is 2.73. The number of hydrogen-bond acceptors (Lipinski definition) is 2. The van der Waals surface area contributed by atoms with Crippen LogP contribution < -0.4 is 5.32 Å². The number of hydrogen-bond donors (Lipinski definition) is 2. The predicted octanol–water partition coefficient (Wildman–Crippen LogP) is 1.86. The number of phenols is 1. The van der Waals surface area contributed by atoms with E-state index in [9.17, 15) is 5.11 Å². The number of aromatic hydroxyl groups is 1. The molecule has 0 bridgehead atoms. The molecule has 0 saturated carbocycles. The molecule has 0 fully saturated rings. The topological polar surface area (TPSA) is 32.3 Å². The van der Waals surface area contributed by atoms with Crippen molar-refractivity contribution in [2.24, 2.45) is 0 Å². The molecule has 0 amide bonds. The Bertz CT molecular complexity index is 322. The minimum atomic E-state index is 0.394. The van der Waals surface area contributed by atoms with E-state index in [0.717, 1.165) is 19.4 Å². The molecular weight excluding hydrogens is 174 g/mol. The van der Waals surface area contributed by atoms with Crippen LogP contribution in [-0.2, 0) is 12.8 Å². The first kappa shape index (κ1) is 9.53. The number of benzene rings is 1. The van der Waals surface area contributed by atoms with Gasteiger partial charge in [0.15, 0.2) is 0 Å². The molecule has 2 N–H and O–H groups in total. The average Bonchev–Trinajstić information content (AvgIpc) is 2.19. The van der Waals surface area contributed by atoms with E-state index in [2.05, 4.69) is 12.2 Å². The van der Waals surface area contributed by atoms with Crippen molar-refractivity contribution in [1.29, 1.82) is 0 Å². The molecule has 76 valence electrons. The molecule has 0 heterocycles. The van der Waals surface area contributed by atoms with Gasteiger partial charge >= 0.3 is 0 Å². The molecule has 1 atom stereocenters. The van der Waals surface area contributed by atoms with Crippen LogP contribution in [-0.4, -0.2) is 17.7 Å². The molecule has 2 rings (SSSR count). The van der Waals surface area contributed by atoms with Crippen LogP contribution >= 0.6 is 0 Å². The molecule has 0 aliphatic heterocycles. The summed E-state index contributed by atoms with van der Waals surface area (Å²) in [6.45, 7) is 3.18. The Morgan fingerprint density at radius 2 is 2.29 bits per heavy atom. The summed E-state index contributed by atoms with van der Waals surface area (Å²) in [6, 6.07) is 6.36. The molecule has 1 aromatic rings. The molecular formula is C12H17NO. The van der Waals surface area contributed by atoms with E-state index in [0.29, 0.717) is 11.8 Å². The quantitative estimate of drug-likeness (QED) is 0.748. The average molecular weight is 191 g/mol. The molecule has 1 unspecified atom stereocenters. The van der Waals surface area contributed by atoms with Crippen molar-refractivity contribution in [3.63, 3.8) is 0 Å². The second-order valence-corrected chi connectivity index (χ2v) is 3.95. The first-order chi connectivity index (χ1) is 6.79. The van der Waals surface area contributed by atoms with E-state index in [1.54, 1.807) is 6.07 Å². The molecule has 1 aliphatic rings. The number of rotatable bonds is 2. The highest BCUT2D eigenvalue weighted by Gasteiger charge is 2.17. The van der Waals surface area contributed by atoms with Crippen LogP contribution in [0.25, 0.3) is 0 Å². The van der Waals surface area contributed by atoms with Crippen LogP contribution in [0.5, 0.6) is 5.75 Å². The number of likely N-dealkylation sites (N-methyl/N-ethyl adjacent to an activating group) is 1. The monoisotopic (exact) mass is 191 g/mol. The highest BCUT2D eigenvalue weighted by atomic mass is 16.3. The summed E-state index contributed by atoms with van der Waals surface area (Å²) >= 11 is 0. The minimum Gasteiger partial charge on any atom is -0.508 e. The number of aryl methyl sites for hydroxylation is 1. The van der Waals surface area contributed by atoms with Crippen LogP contribution in [0.4, 0.5) is 0 Å². The van der Waals surface area contributed by atoms with Gasteiger partial charge in [-0.1, -0.05) is 13.0 Å². The van der Waals surface area contributed by atoms with E-state index < -0.39 is 0 Å². The van der Waals surface area contributed by atoms with Gasteiger partial charge in [-0.15, -0.1) is 0 Å². The second kappa shape index (κ2) is 4.01. The third kappa shape index (κ3) is 1.90. The first-order valence-corrected chi connectivity index (χ1v) is 5.33. The maximum atomic E-state index is 9.34.